The van der Waals surface area contributed by atoms with Gasteiger partial charge in [0.25, 0.3) is 0 Å². The van der Waals surface area contributed by atoms with Crippen LogP contribution in [-0.4, -0.2) is 23.3 Å². The second-order valence-corrected chi connectivity index (χ2v) is 7.97. The number of nitrogens with zero attached hydrogens (tertiary/aromatic N) is 1. The Balaban J connectivity index is 0. The minimum atomic E-state index is 0. The van der Waals surface area contributed by atoms with Crippen molar-refractivity contribution in [1.29, 1.82) is 0 Å². The zero-order valence-corrected chi connectivity index (χ0v) is 16.1. The predicted octanol–water partition coefficient (Wildman–Crippen LogP) is 5.00. The van der Waals surface area contributed by atoms with E-state index >= 15 is 0 Å². The van der Waals surface area contributed by atoms with Crippen molar-refractivity contribution in [3.8, 4) is 0 Å². The molecular formula is C15H29Cl2NTi. The number of allylic oxidation sites excluding steroid dienone is 4. The molecule has 19 heavy (non-hydrogen) atoms. The molecule has 4 heteroatoms. The van der Waals surface area contributed by atoms with Gasteiger partial charge in [-0.25, -0.2) is 0 Å². The first kappa shape index (κ1) is 22.0. The third-order valence-corrected chi connectivity index (χ3v) is 6.20. The molecule has 0 fully saturated rings. The Morgan fingerprint density at radius 1 is 1.16 bits per heavy atom. The topological polar surface area (TPSA) is 3.24 Å². The van der Waals surface area contributed by atoms with Gasteiger partial charge in [-0.15, -0.1) is 24.8 Å². The average Bonchev–Trinajstić information content (AvgIpc) is 2.62. The van der Waals surface area contributed by atoms with Gasteiger partial charge in [0.15, 0.2) is 0 Å². The van der Waals surface area contributed by atoms with E-state index in [0.29, 0.717) is 0 Å². The van der Waals surface area contributed by atoms with Crippen molar-refractivity contribution in [2.75, 3.05) is 14.1 Å². The second kappa shape index (κ2) is 11.4. The number of hydrogen-bond acceptors (Lipinski definition) is 1. The maximum Gasteiger partial charge on any atom is -0.147 e. The smallest absolute Gasteiger partial charge is 0.147 e. The Morgan fingerprint density at radius 2 is 1.74 bits per heavy atom. The van der Waals surface area contributed by atoms with Gasteiger partial charge in [0.05, 0.1) is 0 Å². The summed E-state index contributed by atoms with van der Waals surface area (Å²) in [5.74, 6) is 0. The summed E-state index contributed by atoms with van der Waals surface area (Å²) in [4.78, 5) is 2.38. The van der Waals surface area contributed by atoms with E-state index in [9.17, 15) is 0 Å². The van der Waals surface area contributed by atoms with Gasteiger partial charge in [0.1, 0.15) is 0 Å². The van der Waals surface area contributed by atoms with Gasteiger partial charge in [-0.3, -0.25) is 0 Å². The molecule has 0 amide bonds. The van der Waals surface area contributed by atoms with Crippen molar-refractivity contribution < 1.29 is 19.2 Å². The van der Waals surface area contributed by atoms with Crippen LogP contribution in [0.25, 0.3) is 0 Å². The minimum absolute atomic E-state index is 0. The zero-order valence-electron chi connectivity index (χ0n) is 13.0. The van der Waals surface area contributed by atoms with Crippen molar-refractivity contribution in [1.82, 2.24) is 4.90 Å². The average molecular weight is 342 g/mol. The molecule has 1 aliphatic carbocycles. The minimum Gasteiger partial charge on any atom is -0.147 e. The normalized spacial score (nSPS) is 15.8. The van der Waals surface area contributed by atoms with E-state index in [2.05, 4.69) is 45.8 Å². The standard InChI is InChI=1S/C11H17.C4H10N.2ClH.Ti/c1-3-5-10-7-8-11(9-10)6-4-2;1-4-5(2)3;;;/h9H,3-7H2,1-2H3;4H,1-3H3;2*1H;. The molecule has 0 aromatic heterocycles. The molecule has 0 bridgehead atoms. The van der Waals surface area contributed by atoms with E-state index in [1.54, 1.807) is 11.1 Å². The van der Waals surface area contributed by atoms with Crippen LogP contribution in [0.5, 0.6) is 0 Å². The molecule has 1 aliphatic rings. The maximum absolute atomic E-state index is 2.52. The quantitative estimate of drug-likeness (QED) is 0.588. The van der Waals surface area contributed by atoms with Gasteiger partial charge in [-0.1, -0.05) is 0 Å². The van der Waals surface area contributed by atoms with Crippen molar-refractivity contribution in [2.24, 2.45) is 0 Å². The van der Waals surface area contributed by atoms with Crippen molar-refractivity contribution in [2.45, 2.75) is 57.2 Å². The first-order chi connectivity index (χ1) is 8.08. The Morgan fingerprint density at radius 3 is 2.21 bits per heavy atom. The molecule has 0 saturated heterocycles. The van der Waals surface area contributed by atoms with E-state index < -0.39 is 0 Å². The van der Waals surface area contributed by atoms with Gasteiger partial charge in [-0.2, -0.15) is 0 Å². The zero-order chi connectivity index (χ0) is 12.8. The molecule has 1 nitrogen and oxygen atoms in total. The van der Waals surface area contributed by atoms with Crippen LogP contribution in [0.2, 0.25) is 0 Å². The molecular weight excluding hydrogens is 313 g/mol. The summed E-state index contributed by atoms with van der Waals surface area (Å²) in [5.41, 5.74) is 3.39. The van der Waals surface area contributed by atoms with Crippen molar-refractivity contribution >= 4 is 24.8 Å². The molecule has 0 aromatic rings. The molecule has 0 saturated carbocycles. The SMILES string of the molecule is CCCC1=CC(CCC)=[C]([Ti][CH](C)N(C)C)C1.Cl.Cl. The number of rotatable bonds is 7. The van der Waals surface area contributed by atoms with Crippen molar-refractivity contribution in [3.63, 3.8) is 0 Å². The van der Waals surface area contributed by atoms with Gasteiger partial charge < -0.3 is 0 Å². The van der Waals surface area contributed by atoms with Crippen molar-refractivity contribution in [3.05, 3.63) is 21.1 Å². The fraction of sp³-hybridized carbons (Fsp3) is 0.733. The van der Waals surface area contributed by atoms with Gasteiger partial charge in [0, 0.05) is 0 Å². The van der Waals surface area contributed by atoms with Crippen LogP contribution in [0.3, 0.4) is 0 Å². The van der Waals surface area contributed by atoms with Crippen LogP contribution in [0.15, 0.2) is 21.1 Å². The first-order valence-corrected chi connectivity index (χ1v) is 8.61. The van der Waals surface area contributed by atoms with E-state index in [-0.39, 0.29) is 44.0 Å². The molecule has 0 spiro atoms. The summed E-state index contributed by atoms with van der Waals surface area (Å²) in [6.45, 7) is 6.97. The van der Waals surface area contributed by atoms with Crippen LogP contribution >= 0.6 is 24.8 Å². The Hall–Kier alpha value is 0.734. The summed E-state index contributed by atoms with van der Waals surface area (Å²) in [6, 6.07) is 0. The molecule has 1 unspecified atom stereocenters. The second-order valence-electron chi connectivity index (χ2n) is 5.27. The number of hydrogen-bond donors (Lipinski definition) is 0. The Labute approximate surface area is 141 Å². The largest absolute Gasteiger partial charge is 0.147 e. The van der Waals surface area contributed by atoms with Gasteiger partial charge >= 0.3 is 116 Å². The number of halogens is 2. The molecule has 0 N–H and O–H groups in total. The molecule has 112 valence electrons. The van der Waals surface area contributed by atoms with E-state index in [4.69, 9.17) is 0 Å². The Bertz CT molecular complexity index is 311. The van der Waals surface area contributed by atoms with E-state index in [1.165, 1.54) is 32.1 Å². The van der Waals surface area contributed by atoms with Crippen LogP contribution in [0, 0.1) is 0 Å². The summed E-state index contributed by atoms with van der Waals surface area (Å²) in [7, 11) is 4.42. The Kier molecular flexibility index (Phi) is 13.2. The molecule has 0 heterocycles. The summed E-state index contributed by atoms with van der Waals surface area (Å²) < 4.78 is 2.61. The predicted molar refractivity (Wildman–Crippen MR) is 87.2 cm³/mol. The molecule has 0 aliphatic heterocycles. The van der Waals surface area contributed by atoms with Gasteiger partial charge in [-0.05, 0) is 0 Å². The first-order valence-electron chi connectivity index (χ1n) is 6.92. The molecule has 1 rings (SSSR count). The fourth-order valence-corrected chi connectivity index (χ4v) is 4.53. The molecule has 0 radical (unpaired) electrons. The van der Waals surface area contributed by atoms with Crippen LogP contribution < -0.4 is 0 Å². The monoisotopic (exact) mass is 341 g/mol. The van der Waals surface area contributed by atoms with Gasteiger partial charge in [0.2, 0.25) is 0 Å². The van der Waals surface area contributed by atoms with E-state index in [1.807, 2.05) is 3.88 Å². The molecule has 0 aromatic carbocycles. The van der Waals surface area contributed by atoms with E-state index in [0.717, 1.165) is 4.35 Å². The van der Waals surface area contributed by atoms with Crippen LogP contribution in [-0.2, 0) is 19.2 Å². The summed E-state index contributed by atoms with van der Waals surface area (Å²) in [5, 5.41) is 0. The summed E-state index contributed by atoms with van der Waals surface area (Å²) in [6.07, 6.45) is 9.01. The fourth-order valence-electron chi connectivity index (χ4n) is 2.22. The maximum atomic E-state index is 2.52. The third kappa shape index (κ3) is 7.34. The summed E-state index contributed by atoms with van der Waals surface area (Å²) >= 11 is 0.0357. The van der Waals surface area contributed by atoms with Crippen LogP contribution in [0.1, 0.15) is 52.9 Å². The van der Waals surface area contributed by atoms with Crippen LogP contribution in [0.4, 0.5) is 0 Å². The molecule has 1 atom stereocenters. The third-order valence-electron chi connectivity index (χ3n) is 3.42.